The Morgan fingerprint density at radius 1 is 0.576 bits per heavy atom. The molecule has 0 bridgehead atoms. The number of nitrogens with one attached hydrogen (secondary N) is 2. The van der Waals surface area contributed by atoms with E-state index in [0.29, 0.717) is 45.6 Å². The maximum absolute atomic E-state index is 8.44. The molecule has 0 unspecified atom stereocenters. The van der Waals surface area contributed by atoms with Gasteiger partial charge in [-0.05, 0) is 116 Å². The predicted molar refractivity (Wildman–Crippen MR) is 265 cm³/mol. The van der Waals surface area contributed by atoms with Crippen LogP contribution in [0.2, 0.25) is 0 Å². The van der Waals surface area contributed by atoms with Gasteiger partial charge in [-0.1, -0.05) is 42.1 Å². The van der Waals surface area contributed by atoms with E-state index < -0.39 is 21.2 Å². The minimum Gasteiger partial charge on any atom is -0.372 e. The molecule has 0 aliphatic carbocycles. The smallest absolute Gasteiger partial charge is 0.372 e. The molecule has 8 aromatic rings. The molecule has 0 radical (unpaired) electrons. The Morgan fingerprint density at radius 2 is 1.02 bits per heavy atom. The van der Waals surface area contributed by atoms with Gasteiger partial charge in [-0.25, -0.2) is 0 Å². The molecule has 2 N–H and O–H groups in total. The molecule has 26 heteroatoms. The topological polar surface area (TPSA) is 247 Å². The monoisotopic (exact) mass is 1020 g/mol. The quantitative estimate of drug-likeness (QED) is 0.0636. The van der Waals surface area contributed by atoms with Crippen LogP contribution in [-0.2, 0) is 27.0 Å². The Morgan fingerprint density at radius 3 is 1.44 bits per heavy atom. The zero-order valence-corrected chi connectivity index (χ0v) is 41.1. The van der Waals surface area contributed by atoms with Crippen LogP contribution in [0.5, 0.6) is 0 Å². The fraction of sp³-hybridized carbons (Fsp3) is 0.225. The van der Waals surface area contributed by atoms with E-state index in [9.17, 15) is 0 Å². The van der Waals surface area contributed by atoms with Crippen molar-refractivity contribution in [2.24, 2.45) is 20.5 Å². The molecular weight excluding hydrogens is 983 g/mol. The summed E-state index contributed by atoms with van der Waals surface area (Å²) in [7, 11) is -6.22. The molecule has 342 valence electrons. The molecule has 5 aromatic heterocycles. The van der Waals surface area contributed by atoms with Gasteiger partial charge in [-0.15, -0.1) is 68.4 Å². The lowest BCUT2D eigenvalue weighted by atomic mass is 10.2. The van der Waals surface area contributed by atoms with E-state index in [4.69, 9.17) is 50.4 Å². The number of aromatic nitrogens is 5. The number of hydrogen-bond acceptors (Lipinski definition) is 24. The highest BCUT2D eigenvalue weighted by Crippen LogP contribution is 2.40. The number of thioether (sulfide) groups is 1. The third-order valence-electron chi connectivity index (χ3n) is 9.21. The average molecular weight is 1020 g/mol. The molecule has 0 fully saturated rings. The van der Waals surface area contributed by atoms with Gasteiger partial charge < -0.3 is 20.4 Å². The van der Waals surface area contributed by atoms with Gasteiger partial charge >= 0.3 is 21.2 Å². The minimum atomic E-state index is -3.11. The summed E-state index contributed by atoms with van der Waals surface area (Å²) >= 11 is 7.40. The standard InChI is InChI=1S/C40H39N13S5.2O3S/c1-5-52(6-2)26-14-16-30(46-48-34-28-18-20-54-36(28)50-57-34)32(22-26)41-38-43-39(45-40(44-38)56-24-25-12-10-9-11-13-25)42-33-23-27(53(7-3)8-4)15-17-31(33)47-49-35-29-19-21-55-37(29)51-58-35;2*1-4(2)3/h9-23H,5-8,24H2,1-4H3,(H2,41,42,43,44,45);;. The second kappa shape index (κ2) is 24.4. The van der Waals surface area contributed by atoms with Crippen molar-refractivity contribution < 1.29 is 25.3 Å². The fourth-order valence-electron chi connectivity index (χ4n) is 6.17. The SMILES string of the molecule is CCN(CC)c1ccc(N=Nc2snc3sccc23)c(Nc2nc(Nc3cc(N(CC)CC)ccc3N=Nc3snc4sccc34)nc(SCc3ccccc3)n2)c1.O=S(=O)=O.O=S(=O)=O. The summed E-state index contributed by atoms with van der Waals surface area (Å²) in [6.45, 7) is 12.0. The highest BCUT2D eigenvalue weighted by Gasteiger charge is 2.16. The molecule has 0 saturated carbocycles. The largest absolute Gasteiger partial charge is 0.425 e. The van der Waals surface area contributed by atoms with E-state index in [0.717, 1.165) is 73.6 Å². The predicted octanol–water partition coefficient (Wildman–Crippen LogP) is 11.5. The Kier molecular flexibility index (Phi) is 18.2. The zero-order valence-electron chi connectivity index (χ0n) is 35.4. The van der Waals surface area contributed by atoms with Crippen molar-refractivity contribution in [1.82, 2.24) is 23.7 Å². The summed E-state index contributed by atoms with van der Waals surface area (Å²) in [5, 5.41) is 33.8. The molecule has 0 spiro atoms. The van der Waals surface area contributed by atoms with Crippen LogP contribution in [0.25, 0.3) is 20.4 Å². The van der Waals surface area contributed by atoms with E-state index >= 15 is 0 Å². The van der Waals surface area contributed by atoms with Gasteiger partial charge in [-0.3, -0.25) is 0 Å². The van der Waals surface area contributed by atoms with E-state index in [1.54, 1.807) is 22.7 Å². The van der Waals surface area contributed by atoms with E-state index in [1.165, 1.54) is 34.8 Å². The van der Waals surface area contributed by atoms with Crippen molar-refractivity contribution >= 4 is 155 Å². The van der Waals surface area contributed by atoms with Crippen molar-refractivity contribution in [3.8, 4) is 0 Å². The minimum absolute atomic E-state index is 0.354. The van der Waals surface area contributed by atoms with E-state index in [-0.39, 0.29) is 0 Å². The van der Waals surface area contributed by atoms with Crippen molar-refractivity contribution in [1.29, 1.82) is 0 Å². The molecule has 0 saturated heterocycles. The number of benzene rings is 3. The molecule has 8 rings (SSSR count). The van der Waals surface area contributed by atoms with Gasteiger partial charge in [-0.2, -0.15) is 23.7 Å². The molecule has 3 aromatic carbocycles. The van der Waals surface area contributed by atoms with Gasteiger partial charge in [0.15, 0.2) is 15.2 Å². The number of anilines is 6. The Bertz CT molecular complexity index is 2970. The Hall–Kier alpha value is -6.16. The number of hydrogen-bond donors (Lipinski definition) is 2. The van der Waals surface area contributed by atoms with Crippen LogP contribution in [-0.4, -0.2) is 75.1 Å². The summed E-state index contributed by atoms with van der Waals surface area (Å²) in [4.78, 5) is 21.2. The molecular formula is C40H39N13O6S7. The first-order valence-electron chi connectivity index (χ1n) is 19.8. The van der Waals surface area contributed by atoms with Gasteiger partial charge in [0.1, 0.15) is 21.0 Å². The molecule has 66 heavy (non-hydrogen) atoms. The molecule has 0 atom stereocenters. The van der Waals surface area contributed by atoms with Crippen LogP contribution in [0.15, 0.2) is 115 Å². The van der Waals surface area contributed by atoms with Crippen LogP contribution in [0.3, 0.4) is 0 Å². The summed E-state index contributed by atoms with van der Waals surface area (Å²) < 4.78 is 59.7. The highest BCUT2D eigenvalue weighted by atomic mass is 32.2. The van der Waals surface area contributed by atoms with E-state index in [2.05, 4.69) is 104 Å². The number of azo groups is 2. The first kappa shape index (κ1) is 49.3. The number of fused-ring (bicyclic) bond motifs is 2. The van der Waals surface area contributed by atoms with Crippen molar-refractivity contribution in [2.45, 2.75) is 38.6 Å². The van der Waals surface area contributed by atoms with Gasteiger partial charge in [0, 0.05) is 43.3 Å². The van der Waals surface area contributed by atoms with Crippen LogP contribution in [0, 0.1) is 0 Å². The Labute approximate surface area is 402 Å². The lowest BCUT2D eigenvalue weighted by molar-refractivity contribution is 0.557. The third-order valence-corrected chi connectivity index (χ3v) is 13.5. The summed E-state index contributed by atoms with van der Waals surface area (Å²) in [5.74, 6) is 1.38. The maximum Gasteiger partial charge on any atom is 0.425 e. The summed E-state index contributed by atoms with van der Waals surface area (Å²) in [5.41, 5.74) is 5.93. The summed E-state index contributed by atoms with van der Waals surface area (Å²) in [6, 6.07) is 26.5. The van der Waals surface area contributed by atoms with Gasteiger partial charge in [0.05, 0.1) is 22.1 Å². The zero-order chi connectivity index (χ0) is 47.0. The summed E-state index contributed by atoms with van der Waals surface area (Å²) in [6.07, 6.45) is 0. The molecule has 0 aliphatic rings. The molecule has 5 heterocycles. The average Bonchev–Trinajstić information content (AvgIpc) is 4.11. The van der Waals surface area contributed by atoms with Gasteiger partial charge in [0.2, 0.25) is 11.9 Å². The fourth-order valence-corrected chi connectivity index (χ4v) is 10.1. The van der Waals surface area contributed by atoms with Crippen molar-refractivity contribution in [2.75, 3.05) is 46.6 Å². The first-order chi connectivity index (χ1) is 32.0. The van der Waals surface area contributed by atoms with Crippen LogP contribution in [0.4, 0.5) is 56.0 Å². The Balaban J connectivity index is 0.000000834. The molecule has 0 amide bonds. The van der Waals surface area contributed by atoms with Crippen LogP contribution in [0.1, 0.15) is 33.3 Å². The second-order valence-electron chi connectivity index (χ2n) is 13.1. The third kappa shape index (κ3) is 13.7. The number of rotatable bonds is 17. The van der Waals surface area contributed by atoms with Crippen LogP contribution < -0.4 is 20.4 Å². The second-order valence-corrected chi connectivity index (χ2v) is 18.2. The highest BCUT2D eigenvalue weighted by molar-refractivity contribution is 7.98. The number of thiophene rings is 2. The lowest BCUT2D eigenvalue weighted by Gasteiger charge is -2.22. The van der Waals surface area contributed by atoms with E-state index in [1.807, 2.05) is 53.2 Å². The van der Waals surface area contributed by atoms with Crippen molar-refractivity contribution in [3.05, 3.63) is 95.2 Å². The van der Waals surface area contributed by atoms with Crippen LogP contribution >= 0.6 is 57.5 Å². The van der Waals surface area contributed by atoms with Gasteiger partial charge in [0.25, 0.3) is 0 Å². The molecule has 19 nitrogen and oxygen atoms in total. The number of nitrogens with zero attached hydrogens (tertiary/aromatic N) is 11. The first-order valence-corrected chi connectivity index (χ1v) is 26.0. The normalized spacial score (nSPS) is 11.0. The van der Waals surface area contributed by atoms with Crippen molar-refractivity contribution in [3.63, 3.8) is 0 Å². The lowest BCUT2D eigenvalue weighted by Crippen LogP contribution is -2.21. The maximum atomic E-state index is 8.44. The molecule has 0 aliphatic heterocycles.